The van der Waals surface area contributed by atoms with Crippen LogP contribution in [0, 0.1) is 0 Å². The molecule has 128 valence electrons. The van der Waals surface area contributed by atoms with E-state index in [1.54, 1.807) is 36.2 Å². The number of carbonyl (C=O) groups is 3. The highest BCUT2D eigenvalue weighted by molar-refractivity contribution is 6.06. The summed E-state index contributed by atoms with van der Waals surface area (Å²) in [6.45, 7) is 0. The van der Waals surface area contributed by atoms with Crippen LogP contribution in [0.5, 0.6) is 0 Å². The lowest BCUT2D eigenvalue weighted by Crippen LogP contribution is -2.37. The Morgan fingerprint density at radius 1 is 1.12 bits per heavy atom. The number of hydrogen-bond acceptors (Lipinski definition) is 4. The van der Waals surface area contributed by atoms with E-state index >= 15 is 0 Å². The largest absolute Gasteiger partial charge is 0.465 e. The van der Waals surface area contributed by atoms with Gasteiger partial charge in [-0.1, -0.05) is 18.2 Å². The van der Waals surface area contributed by atoms with E-state index in [4.69, 9.17) is 0 Å². The van der Waals surface area contributed by atoms with Gasteiger partial charge in [-0.15, -0.1) is 0 Å². The smallest absolute Gasteiger partial charge is 0.337 e. The number of fused-ring (bicyclic) bond motifs is 1. The van der Waals surface area contributed by atoms with E-state index in [-0.39, 0.29) is 18.2 Å². The van der Waals surface area contributed by atoms with Crippen LogP contribution in [-0.2, 0) is 14.3 Å². The van der Waals surface area contributed by atoms with Crippen LogP contribution in [0.4, 0.5) is 11.4 Å². The molecule has 0 fully saturated rings. The van der Waals surface area contributed by atoms with Crippen LogP contribution in [0.1, 0.15) is 28.3 Å². The maximum Gasteiger partial charge on any atom is 0.337 e. The summed E-state index contributed by atoms with van der Waals surface area (Å²) in [6, 6.07) is 13.8. The average Bonchev–Trinajstić information content (AvgIpc) is 2.64. The molecule has 2 aromatic rings. The molecule has 2 amide bonds. The zero-order chi connectivity index (χ0) is 18.0. The minimum atomic E-state index is -0.541. The van der Waals surface area contributed by atoms with E-state index in [9.17, 15) is 14.4 Å². The fraction of sp³-hybridized carbons (Fsp3) is 0.211. The number of carbonyl (C=O) groups excluding carboxylic acids is 3. The van der Waals surface area contributed by atoms with E-state index in [2.05, 4.69) is 10.1 Å². The highest BCUT2D eigenvalue weighted by Gasteiger charge is 2.33. The van der Waals surface area contributed by atoms with Crippen LogP contribution < -0.4 is 10.2 Å². The number of nitrogens with zero attached hydrogens (tertiary/aromatic N) is 1. The Balaban J connectivity index is 1.81. The average molecular weight is 338 g/mol. The van der Waals surface area contributed by atoms with Gasteiger partial charge in [0.1, 0.15) is 0 Å². The van der Waals surface area contributed by atoms with Crippen LogP contribution in [0.25, 0.3) is 0 Å². The third kappa shape index (κ3) is 3.24. The standard InChI is InChI=1S/C19H18N2O4/c1-21-16-6-4-3-5-14(16)15(11-17(21)22)18(23)20-13-9-7-12(8-10-13)19(24)25-2/h3-10,15H,11H2,1-2H3,(H,20,23). The predicted octanol–water partition coefficient (Wildman–Crippen LogP) is 2.56. The highest BCUT2D eigenvalue weighted by atomic mass is 16.5. The van der Waals surface area contributed by atoms with Crippen molar-refractivity contribution in [1.82, 2.24) is 0 Å². The first-order valence-corrected chi connectivity index (χ1v) is 7.86. The molecule has 6 nitrogen and oxygen atoms in total. The Hall–Kier alpha value is -3.15. The van der Waals surface area contributed by atoms with Crippen LogP contribution in [0.3, 0.4) is 0 Å². The second-order valence-corrected chi connectivity index (χ2v) is 5.83. The van der Waals surface area contributed by atoms with E-state index in [1.165, 1.54) is 7.11 Å². The Bertz CT molecular complexity index is 830. The van der Waals surface area contributed by atoms with Gasteiger partial charge in [-0.25, -0.2) is 4.79 Å². The van der Waals surface area contributed by atoms with Crippen molar-refractivity contribution in [2.75, 3.05) is 24.4 Å². The summed E-state index contributed by atoms with van der Waals surface area (Å²) in [5.74, 6) is -1.33. The normalized spacial score (nSPS) is 16.2. The van der Waals surface area contributed by atoms with Gasteiger partial charge in [-0.2, -0.15) is 0 Å². The molecule has 0 aromatic heterocycles. The van der Waals surface area contributed by atoms with Crippen molar-refractivity contribution in [3.63, 3.8) is 0 Å². The molecule has 0 bridgehead atoms. The molecular formula is C19H18N2O4. The molecule has 1 aliphatic rings. The monoisotopic (exact) mass is 338 g/mol. The summed E-state index contributed by atoms with van der Waals surface area (Å²) in [5, 5.41) is 2.81. The minimum absolute atomic E-state index is 0.0973. The van der Waals surface area contributed by atoms with Crippen LogP contribution in [-0.4, -0.2) is 31.9 Å². The first-order valence-electron chi connectivity index (χ1n) is 7.86. The van der Waals surface area contributed by atoms with Crippen LogP contribution >= 0.6 is 0 Å². The number of esters is 1. The Morgan fingerprint density at radius 2 is 1.80 bits per heavy atom. The number of rotatable bonds is 3. The molecule has 0 radical (unpaired) electrons. The van der Waals surface area contributed by atoms with E-state index in [0.29, 0.717) is 11.3 Å². The number of benzene rings is 2. The van der Waals surface area contributed by atoms with Gasteiger partial charge in [0.15, 0.2) is 0 Å². The number of para-hydroxylation sites is 1. The van der Waals surface area contributed by atoms with Gasteiger partial charge < -0.3 is 15.0 Å². The summed E-state index contributed by atoms with van der Waals surface area (Å²) < 4.78 is 4.64. The molecule has 1 aliphatic heterocycles. The molecule has 3 rings (SSSR count). The molecule has 25 heavy (non-hydrogen) atoms. The maximum atomic E-state index is 12.7. The quantitative estimate of drug-likeness (QED) is 0.873. The van der Waals surface area contributed by atoms with Crippen molar-refractivity contribution in [2.45, 2.75) is 12.3 Å². The summed E-state index contributed by atoms with van der Waals surface area (Å²) in [4.78, 5) is 37.9. The molecule has 1 N–H and O–H groups in total. The third-order valence-corrected chi connectivity index (χ3v) is 4.32. The summed E-state index contributed by atoms with van der Waals surface area (Å²) >= 11 is 0. The van der Waals surface area contributed by atoms with Gasteiger partial charge in [0.25, 0.3) is 0 Å². The number of hydrogen-bond donors (Lipinski definition) is 1. The van der Waals surface area contributed by atoms with Crippen molar-refractivity contribution in [3.05, 3.63) is 59.7 Å². The van der Waals surface area contributed by atoms with Gasteiger partial charge in [-0.3, -0.25) is 9.59 Å². The molecule has 0 aliphatic carbocycles. The van der Waals surface area contributed by atoms with Crippen molar-refractivity contribution < 1.29 is 19.1 Å². The Labute approximate surface area is 145 Å². The van der Waals surface area contributed by atoms with Crippen molar-refractivity contribution in [2.24, 2.45) is 0 Å². The fourth-order valence-corrected chi connectivity index (χ4v) is 2.91. The maximum absolute atomic E-state index is 12.7. The van der Waals surface area contributed by atoms with Gasteiger partial charge in [0, 0.05) is 24.8 Å². The highest BCUT2D eigenvalue weighted by Crippen LogP contribution is 2.35. The Morgan fingerprint density at radius 3 is 2.48 bits per heavy atom. The van der Waals surface area contributed by atoms with Gasteiger partial charge in [0.05, 0.1) is 18.6 Å². The second kappa shape index (κ2) is 6.76. The van der Waals surface area contributed by atoms with Crippen LogP contribution in [0.2, 0.25) is 0 Å². The molecule has 2 aromatic carbocycles. The molecule has 1 atom stereocenters. The number of methoxy groups -OCH3 is 1. The number of ether oxygens (including phenoxy) is 1. The number of nitrogens with one attached hydrogen (secondary N) is 1. The molecule has 0 spiro atoms. The van der Waals surface area contributed by atoms with Gasteiger partial charge in [0.2, 0.25) is 11.8 Å². The zero-order valence-electron chi connectivity index (χ0n) is 14.0. The SMILES string of the molecule is COC(=O)c1ccc(NC(=O)C2CC(=O)N(C)c3ccccc32)cc1. The minimum Gasteiger partial charge on any atom is -0.465 e. The summed E-state index contributed by atoms with van der Waals surface area (Å²) in [6.07, 6.45) is 0.125. The molecular weight excluding hydrogens is 320 g/mol. The summed E-state index contributed by atoms with van der Waals surface area (Å²) in [5.41, 5.74) is 2.54. The number of anilines is 2. The lowest BCUT2D eigenvalue weighted by molar-refractivity contribution is -0.124. The first kappa shape index (κ1) is 16.7. The lowest BCUT2D eigenvalue weighted by atomic mass is 9.89. The van der Waals surface area contributed by atoms with Crippen molar-refractivity contribution in [3.8, 4) is 0 Å². The number of amides is 2. The van der Waals surface area contributed by atoms with Crippen LogP contribution in [0.15, 0.2) is 48.5 Å². The predicted molar refractivity (Wildman–Crippen MR) is 93.6 cm³/mol. The molecule has 6 heteroatoms. The van der Waals surface area contributed by atoms with Crippen molar-refractivity contribution in [1.29, 1.82) is 0 Å². The third-order valence-electron chi connectivity index (χ3n) is 4.32. The molecule has 1 heterocycles. The lowest BCUT2D eigenvalue weighted by Gasteiger charge is -2.30. The Kier molecular flexibility index (Phi) is 4.52. The van der Waals surface area contributed by atoms with Crippen molar-refractivity contribution >= 4 is 29.2 Å². The van der Waals surface area contributed by atoms with E-state index < -0.39 is 11.9 Å². The molecule has 0 saturated carbocycles. The van der Waals surface area contributed by atoms with E-state index in [1.807, 2.05) is 24.3 Å². The zero-order valence-corrected chi connectivity index (χ0v) is 14.0. The molecule has 1 unspecified atom stereocenters. The van der Waals surface area contributed by atoms with Gasteiger partial charge in [-0.05, 0) is 35.9 Å². The topological polar surface area (TPSA) is 75.7 Å². The second-order valence-electron chi connectivity index (χ2n) is 5.83. The fourth-order valence-electron chi connectivity index (χ4n) is 2.91. The van der Waals surface area contributed by atoms with E-state index in [0.717, 1.165) is 11.3 Å². The van der Waals surface area contributed by atoms with Gasteiger partial charge >= 0.3 is 5.97 Å². The first-order chi connectivity index (χ1) is 12.0. The summed E-state index contributed by atoms with van der Waals surface area (Å²) in [7, 11) is 3.02. The molecule has 0 saturated heterocycles.